The van der Waals surface area contributed by atoms with Crippen molar-refractivity contribution in [2.75, 3.05) is 9.80 Å². The van der Waals surface area contributed by atoms with Crippen LogP contribution in [0.3, 0.4) is 0 Å². The minimum atomic E-state index is -0.185. The van der Waals surface area contributed by atoms with Gasteiger partial charge in [0.25, 0.3) is 6.71 Å². The van der Waals surface area contributed by atoms with Gasteiger partial charge >= 0.3 is 0 Å². The number of benzene rings is 15. The molecule has 4 aliphatic rings. The van der Waals surface area contributed by atoms with Gasteiger partial charge in [-0.15, -0.1) is 0 Å². The van der Waals surface area contributed by atoms with Crippen LogP contribution in [0.15, 0.2) is 322 Å². The molecule has 17 aromatic rings. The van der Waals surface area contributed by atoms with Crippen molar-refractivity contribution in [3.8, 4) is 67.0 Å². The normalized spacial score (nSPS) is 15.6. The molecule has 0 radical (unpaired) electrons. The molecule has 0 atom stereocenters. The van der Waals surface area contributed by atoms with Crippen molar-refractivity contribution in [1.82, 2.24) is 9.13 Å². The summed E-state index contributed by atoms with van der Waals surface area (Å²) in [6, 6.07) is 123. The Morgan fingerprint density at radius 2 is 0.596 bits per heavy atom. The highest BCUT2D eigenvalue weighted by Crippen LogP contribution is 2.53. The second-order valence-electron chi connectivity index (χ2n) is 34.1. The Hall–Kier alpha value is -12.2. The van der Waals surface area contributed by atoms with Crippen molar-refractivity contribution in [2.24, 2.45) is 0 Å². The third kappa shape index (κ3) is 10.3. The van der Waals surface area contributed by atoms with Gasteiger partial charge in [0.2, 0.25) is 0 Å². The molecular formula is C104H85BN4. The molecule has 0 bridgehead atoms. The molecule has 5 heteroatoms. The molecule has 0 spiro atoms. The molecule has 21 rings (SSSR count). The zero-order valence-corrected chi connectivity index (χ0v) is 63.3. The van der Waals surface area contributed by atoms with Gasteiger partial charge in [-0.1, -0.05) is 280 Å². The second-order valence-corrected chi connectivity index (χ2v) is 34.1. The number of nitrogens with zero attached hydrogens (tertiary/aromatic N) is 4. The summed E-state index contributed by atoms with van der Waals surface area (Å²) in [5, 5.41) is 7.34. The van der Waals surface area contributed by atoms with Gasteiger partial charge < -0.3 is 18.9 Å². The molecule has 0 saturated carbocycles. The van der Waals surface area contributed by atoms with Crippen molar-refractivity contribution in [1.29, 1.82) is 0 Å². The molecule has 0 N–H and O–H groups in total. The molecule has 2 aromatic heterocycles. The van der Waals surface area contributed by atoms with E-state index in [1.165, 1.54) is 156 Å². The van der Waals surface area contributed by atoms with Crippen LogP contribution in [-0.2, 0) is 21.7 Å². The van der Waals surface area contributed by atoms with Gasteiger partial charge in [0, 0.05) is 67.0 Å². The quantitative estimate of drug-likeness (QED) is 0.134. The number of rotatable bonds is 9. The highest BCUT2D eigenvalue weighted by atomic mass is 15.2. The standard InChI is InChI=1S/C104H85BN4/c1-101(2)54-56-103(5,6)88-60-73(38-48-86(88)101)68-34-42-76(43-35-68)106-96-64-78(108-92-32-19-17-29-82(92)84-58-71(40-52-94(84)108)66-22-11-9-12-23-66)46-50-90(96)105-91-51-47-79(109-93-33-20-18-30-83(93)85-59-72(41-53-95(85)109)67-24-13-10-14-25-67)65-97(91)107(99-63-75(62-98(106)100(99)105)81-31-21-27-70-26-15-16-28-80(70)81)77-44-36-69(37-45-77)74-39-49-87-89(61-74)104(7,8)57-55-102(87,3)4/h9-53,58-65H,54-57H2,1-8H3. The minimum absolute atomic E-state index is 0.0756. The van der Waals surface area contributed by atoms with Crippen LogP contribution < -0.4 is 26.2 Å². The number of hydrogen-bond acceptors (Lipinski definition) is 2. The molecule has 4 nitrogen and oxygen atoms in total. The first-order chi connectivity index (χ1) is 53.0. The number of hydrogen-bond donors (Lipinski definition) is 0. The summed E-state index contributed by atoms with van der Waals surface area (Å²) in [4.78, 5) is 5.27. The third-order valence-corrected chi connectivity index (χ3v) is 25.8. The van der Waals surface area contributed by atoms with Gasteiger partial charge in [-0.2, -0.15) is 0 Å². The maximum Gasteiger partial charge on any atom is 0.252 e. The topological polar surface area (TPSA) is 16.3 Å². The van der Waals surface area contributed by atoms with E-state index in [1.54, 1.807) is 0 Å². The summed E-state index contributed by atoms with van der Waals surface area (Å²) in [7, 11) is 0. The lowest BCUT2D eigenvalue weighted by Crippen LogP contribution is -2.61. The largest absolute Gasteiger partial charge is 0.311 e. The molecule has 2 aliphatic heterocycles. The molecule has 0 amide bonds. The Morgan fingerprint density at radius 1 is 0.239 bits per heavy atom. The van der Waals surface area contributed by atoms with Crippen LogP contribution in [0.25, 0.3) is 121 Å². The van der Waals surface area contributed by atoms with Gasteiger partial charge in [-0.25, -0.2) is 0 Å². The van der Waals surface area contributed by atoms with Crippen LogP contribution in [0.4, 0.5) is 34.1 Å². The predicted octanol–water partition coefficient (Wildman–Crippen LogP) is 26.1. The van der Waals surface area contributed by atoms with E-state index in [4.69, 9.17) is 0 Å². The van der Waals surface area contributed by atoms with Gasteiger partial charge in [-0.05, 0) is 249 Å². The van der Waals surface area contributed by atoms with E-state index in [2.05, 4.69) is 396 Å². The van der Waals surface area contributed by atoms with Crippen LogP contribution >= 0.6 is 0 Å². The Morgan fingerprint density at radius 3 is 1.06 bits per heavy atom. The molecule has 0 saturated heterocycles. The van der Waals surface area contributed by atoms with Crippen LogP contribution in [0.1, 0.15) is 103 Å². The first-order valence-corrected chi connectivity index (χ1v) is 39.2. The highest BCUT2D eigenvalue weighted by Gasteiger charge is 2.45. The van der Waals surface area contributed by atoms with Crippen LogP contribution in [0, 0.1) is 0 Å². The van der Waals surface area contributed by atoms with Crippen LogP contribution in [-0.4, -0.2) is 15.8 Å². The molecule has 0 fully saturated rings. The number of fused-ring (bicyclic) bond motifs is 13. The third-order valence-electron chi connectivity index (χ3n) is 25.8. The van der Waals surface area contributed by atoms with Crippen molar-refractivity contribution in [3.63, 3.8) is 0 Å². The summed E-state index contributed by atoms with van der Waals surface area (Å²) in [6.07, 6.45) is 4.69. The number of aromatic nitrogens is 2. The van der Waals surface area contributed by atoms with Gasteiger partial charge in [0.05, 0.1) is 22.1 Å². The van der Waals surface area contributed by atoms with E-state index in [1.807, 2.05) is 0 Å². The lowest BCUT2D eigenvalue weighted by molar-refractivity contribution is 0.332. The van der Waals surface area contributed by atoms with Gasteiger partial charge in [0.1, 0.15) is 0 Å². The molecule has 109 heavy (non-hydrogen) atoms. The summed E-state index contributed by atoms with van der Waals surface area (Å²) in [5.74, 6) is 0. The molecule has 524 valence electrons. The second kappa shape index (κ2) is 24.2. The zero-order chi connectivity index (χ0) is 73.4. The molecule has 2 aliphatic carbocycles. The van der Waals surface area contributed by atoms with Crippen molar-refractivity contribution < 1.29 is 0 Å². The zero-order valence-electron chi connectivity index (χ0n) is 63.3. The Labute approximate surface area is 639 Å². The van der Waals surface area contributed by atoms with Crippen LogP contribution in [0.2, 0.25) is 0 Å². The number of para-hydroxylation sites is 2. The Kier molecular flexibility index (Phi) is 14.4. The molecule has 4 heterocycles. The summed E-state index contributed by atoms with van der Waals surface area (Å²) in [6.45, 7) is 19.3. The Bertz CT molecular complexity index is 6240. The fraction of sp³-hybridized carbons (Fsp3) is 0.154. The fourth-order valence-electron chi connectivity index (χ4n) is 19.7. The molecular weight excluding hydrogens is 1320 g/mol. The summed E-state index contributed by atoms with van der Waals surface area (Å²) in [5.41, 5.74) is 35.8. The fourth-order valence-corrected chi connectivity index (χ4v) is 19.7. The van der Waals surface area contributed by atoms with Crippen molar-refractivity contribution in [2.45, 2.75) is 103 Å². The van der Waals surface area contributed by atoms with E-state index in [-0.39, 0.29) is 28.4 Å². The average Bonchev–Trinajstić information content (AvgIpc) is 0.729. The van der Waals surface area contributed by atoms with E-state index in [0.717, 1.165) is 63.9 Å². The highest BCUT2D eigenvalue weighted by molar-refractivity contribution is 7.00. The van der Waals surface area contributed by atoms with E-state index >= 15 is 0 Å². The van der Waals surface area contributed by atoms with Gasteiger partial charge in [-0.3, -0.25) is 0 Å². The molecule has 0 unspecified atom stereocenters. The van der Waals surface area contributed by atoms with E-state index in [9.17, 15) is 0 Å². The average molecular weight is 1400 g/mol. The predicted molar refractivity (Wildman–Crippen MR) is 464 cm³/mol. The lowest BCUT2D eigenvalue weighted by atomic mass is 9.33. The van der Waals surface area contributed by atoms with Gasteiger partial charge in [0.15, 0.2) is 0 Å². The van der Waals surface area contributed by atoms with Crippen molar-refractivity contribution in [3.05, 3.63) is 344 Å². The summed E-state index contributed by atoms with van der Waals surface area (Å²) < 4.78 is 5.03. The Balaban J connectivity index is 0.829. The smallest absolute Gasteiger partial charge is 0.252 e. The molecule has 15 aromatic carbocycles. The summed E-state index contributed by atoms with van der Waals surface area (Å²) >= 11 is 0. The van der Waals surface area contributed by atoms with Crippen molar-refractivity contribution >= 4 is 112 Å². The SMILES string of the molecule is CC1(C)CCC(C)(C)c2cc(-c3ccc(N4c5cc(-n6c7ccccc7c7cc(-c8ccccc8)ccc76)ccc5B5c6ccc(-n7c8ccccc8c8cc(-c9ccccc9)ccc87)cc6N(c6ccc(-c7ccc8c(c7)C(C)(C)CCC8(C)C)cc6)c6cc(-c7cccc8ccccc78)cc4c65)cc3)ccc21. The van der Waals surface area contributed by atoms with E-state index < -0.39 is 0 Å². The van der Waals surface area contributed by atoms with E-state index in [0.29, 0.717) is 0 Å². The minimum Gasteiger partial charge on any atom is -0.311 e. The lowest BCUT2D eigenvalue weighted by Gasteiger charge is -2.45. The number of anilines is 6. The monoisotopic (exact) mass is 1400 g/mol. The maximum atomic E-state index is 2.63. The first kappa shape index (κ1) is 65.1. The van der Waals surface area contributed by atoms with Crippen LogP contribution in [0.5, 0.6) is 0 Å². The first-order valence-electron chi connectivity index (χ1n) is 39.2. The maximum absolute atomic E-state index is 2.63.